The minimum Gasteiger partial charge on any atom is -0.495 e. The number of aromatic nitrogens is 1. The fourth-order valence-corrected chi connectivity index (χ4v) is 4.48. The Morgan fingerprint density at radius 3 is 2.49 bits per heavy atom. The van der Waals surface area contributed by atoms with Crippen molar-refractivity contribution >= 4 is 29.4 Å². The molecule has 4 rings (SSSR count). The number of methoxy groups -OCH3 is 1. The van der Waals surface area contributed by atoms with Crippen LogP contribution in [0, 0.1) is 19.7 Å². The molecule has 3 aromatic rings. The van der Waals surface area contributed by atoms with Gasteiger partial charge in [0.15, 0.2) is 0 Å². The Balaban J connectivity index is 2.03. The van der Waals surface area contributed by atoms with Crippen molar-refractivity contribution in [3.63, 3.8) is 0 Å². The topological polar surface area (TPSA) is 115 Å². The molecule has 0 spiro atoms. The Labute approximate surface area is 213 Å². The number of halogens is 1. The Morgan fingerprint density at radius 1 is 1.16 bits per heavy atom. The zero-order valence-electron chi connectivity index (χ0n) is 21.1. The molecule has 2 amide bonds. The normalized spacial score (nSPS) is 13.5. The Morgan fingerprint density at radius 2 is 1.89 bits per heavy atom. The number of ether oxygens (including phenoxy) is 1. The third kappa shape index (κ3) is 5.11. The van der Waals surface area contributed by atoms with Gasteiger partial charge in [-0.05, 0) is 69.0 Å². The Bertz CT molecular complexity index is 1490. The monoisotopic (exact) mass is 504 g/mol. The summed E-state index contributed by atoms with van der Waals surface area (Å²) in [6, 6.07) is 10.9. The second-order valence-electron chi connectivity index (χ2n) is 9.13. The van der Waals surface area contributed by atoms with E-state index in [0.717, 1.165) is 18.4 Å². The maximum atomic E-state index is 14.8. The summed E-state index contributed by atoms with van der Waals surface area (Å²) in [6.45, 7) is 5.16. The van der Waals surface area contributed by atoms with Gasteiger partial charge in [-0.25, -0.2) is 9.18 Å². The number of nitrogens with zero attached hydrogens (tertiary/aromatic N) is 1. The number of carbonyl (C=O) groups excluding carboxylic acids is 2. The number of carbonyl (C=O) groups is 2. The average Bonchev–Trinajstić information content (AvgIpc) is 3.68. The standard InChI is InChI=1S/C28H29FN4O4/c1-15-8-11-22(21(29)12-15)32-25(16(2)14-34)24-26(37-4)23(17(3)33(27(24)35)20-9-10-20)18-6-5-7-19(13-18)31-28(30)36/h5-8,11-14,20,32H,9-10H2,1-4H3,(H3,30,31,36)/b25-16+. The van der Waals surface area contributed by atoms with E-state index in [1.807, 2.05) is 13.0 Å². The number of amides is 2. The van der Waals surface area contributed by atoms with Crippen LogP contribution in [0.4, 0.5) is 20.6 Å². The molecule has 1 aliphatic carbocycles. The van der Waals surface area contributed by atoms with Crippen molar-refractivity contribution in [3.8, 4) is 16.9 Å². The minimum atomic E-state index is -0.708. The van der Waals surface area contributed by atoms with E-state index in [-0.39, 0.29) is 39.9 Å². The number of benzene rings is 2. The van der Waals surface area contributed by atoms with Gasteiger partial charge in [-0.3, -0.25) is 9.59 Å². The molecule has 0 unspecified atom stereocenters. The molecule has 0 radical (unpaired) electrons. The van der Waals surface area contributed by atoms with Crippen molar-refractivity contribution in [3.05, 3.63) is 81.0 Å². The lowest BCUT2D eigenvalue weighted by molar-refractivity contribution is -0.104. The number of nitrogens with two attached hydrogens (primary N) is 1. The molecular weight excluding hydrogens is 475 g/mol. The Kier molecular flexibility index (Phi) is 7.15. The van der Waals surface area contributed by atoms with Crippen LogP contribution in [-0.2, 0) is 4.79 Å². The largest absolute Gasteiger partial charge is 0.495 e. The van der Waals surface area contributed by atoms with Gasteiger partial charge < -0.3 is 25.7 Å². The average molecular weight is 505 g/mol. The number of hydrogen-bond acceptors (Lipinski definition) is 5. The predicted molar refractivity (Wildman–Crippen MR) is 142 cm³/mol. The van der Waals surface area contributed by atoms with Gasteiger partial charge in [-0.1, -0.05) is 18.2 Å². The molecule has 0 aliphatic heterocycles. The summed E-state index contributed by atoms with van der Waals surface area (Å²) in [5.74, 6) is -0.290. The molecule has 1 aromatic heterocycles. The van der Waals surface area contributed by atoms with Gasteiger partial charge >= 0.3 is 6.03 Å². The number of rotatable bonds is 8. The first kappa shape index (κ1) is 25.7. The van der Waals surface area contributed by atoms with Gasteiger partial charge in [0.25, 0.3) is 5.56 Å². The summed E-state index contributed by atoms with van der Waals surface area (Å²) in [5, 5.41) is 5.55. The summed E-state index contributed by atoms with van der Waals surface area (Å²) in [6.07, 6.45) is 2.29. The highest BCUT2D eigenvalue weighted by Crippen LogP contribution is 2.43. The van der Waals surface area contributed by atoms with E-state index in [2.05, 4.69) is 10.6 Å². The number of pyridine rings is 1. The maximum absolute atomic E-state index is 14.8. The van der Waals surface area contributed by atoms with E-state index >= 15 is 0 Å². The van der Waals surface area contributed by atoms with E-state index in [4.69, 9.17) is 10.5 Å². The smallest absolute Gasteiger partial charge is 0.316 e. The Hall–Kier alpha value is -4.40. The van der Waals surface area contributed by atoms with Gasteiger partial charge in [0, 0.05) is 28.6 Å². The van der Waals surface area contributed by atoms with Crippen LogP contribution in [0.1, 0.15) is 42.6 Å². The van der Waals surface area contributed by atoms with Crippen LogP contribution in [-0.4, -0.2) is 24.0 Å². The number of aryl methyl sites for hydroxylation is 1. The first-order chi connectivity index (χ1) is 17.7. The molecule has 9 heteroatoms. The lowest BCUT2D eigenvalue weighted by atomic mass is 9.96. The summed E-state index contributed by atoms with van der Waals surface area (Å²) in [7, 11) is 1.44. The van der Waals surface area contributed by atoms with Crippen molar-refractivity contribution in [2.24, 2.45) is 5.73 Å². The highest BCUT2D eigenvalue weighted by atomic mass is 19.1. The molecule has 8 nitrogen and oxygen atoms in total. The molecule has 1 saturated carbocycles. The number of allylic oxidation sites excluding steroid dienone is 1. The third-order valence-corrected chi connectivity index (χ3v) is 6.35. The van der Waals surface area contributed by atoms with Gasteiger partial charge in [0.1, 0.15) is 23.4 Å². The molecule has 192 valence electrons. The first-order valence-corrected chi connectivity index (χ1v) is 11.9. The molecule has 0 bridgehead atoms. The lowest BCUT2D eigenvalue weighted by Gasteiger charge is -2.23. The van der Waals surface area contributed by atoms with Gasteiger partial charge in [0.05, 0.1) is 18.5 Å². The maximum Gasteiger partial charge on any atom is 0.316 e. The van der Waals surface area contributed by atoms with E-state index in [9.17, 15) is 18.8 Å². The molecule has 2 aromatic carbocycles. The molecule has 1 fully saturated rings. The van der Waals surface area contributed by atoms with Crippen LogP contribution >= 0.6 is 0 Å². The van der Waals surface area contributed by atoms with E-state index < -0.39 is 11.8 Å². The zero-order chi connectivity index (χ0) is 26.9. The van der Waals surface area contributed by atoms with Crippen molar-refractivity contribution in [1.82, 2.24) is 4.57 Å². The molecular formula is C28H29FN4O4. The SMILES string of the molecule is COc1c(-c2cccc(NC(N)=O)c2)c(C)n(C2CC2)c(=O)c1/C(Nc1ccc(C)cc1F)=C(/C)C=O. The second kappa shape index (κ2) is 10.3. The number of urea groups is 1. The van der Waals surface area contributed by atoms with Crippen molar-refractivity contribution in [2.45, 2.75) is 39.7 Å². The molecule has 1 aliphatic rings. The van der Waals surface area contributed by atoms with Gasteiger partial charge in [-0.15, -0.1) is 0 Å². The first-order valence-electron chi connectivity index (χ1n) is 11.9. The quantitative estimate of drug-likeness (QED) is 0.290. The summed E-state index contributed by atoms with van der Waals surface area (Å²) in [4.78, 5) is 37.4. The second-order valence-corrected chi connectivity index (χ2v) is 9.13. The van der Waals surface area contributed by atoms with Gasteiger partial charge in [-0.2, -0.15) is 0 Å². The van der Waals surface area contributed by atoms with Crippen LogP contribution < -0.4 is 26.7 Å². The number of anilines is 2. The fraction of sp³-hybridized carbons (Fsp3) is 0.250. The number of primary amides is 1. The lowest BCUT2D eigenvalue weighted by Crippen LogP contribution is -2.28. The summed E-state index contributed by atoms with van der Waals surface area (Å²) in [5.41, 5.74) is 8.71. The van der Waals surface area contributed by atoms with Crippen LogP contribution in [0.25, 0.3) is 16.8 Å². The highest BCUT2D eigenvalue weighted by Gasteiger charge is 2.32. The number of aldehydes is 1. The molecule has 1 heterocycles. The van der Waals surface area contributed by atoms with Crippen molar-refractivity contribution in [1.29, 1.82) is 0 Å². The number of nitrogens with one attached hydrogen (secondary N) is 2. The molecule has 0 saturated heterocycles. The predicted octanol–water partition coefficient (Wildman–Crippen LogP) is 5.15. The van der Waals surface area contributed by atoms with E-state index in [1.165, 1.54) is 13.2 Å². The van der Waals surface area contributed by atoms with E-state index in [1.54, 1.807) is 48.7 Å². The highest BCUT2D eigenvalue weighted by molar-refractivity contribution is 5.96. The van der Waals surface area contributed by atoms with Crippen LogP contribution in [0.15, 0.2) is 52.8 Å². The summed E-state index contributed by atoms with van der Waals surface area (Å²) >= 11 is 0. The van der Waals surface area contributed by atoms with Crippen LogP contribution in [0.5, 0.6) is 5.75 Å². The van der Waals surface area contributed by atoms with Gasteiger partial charge in [0.2, 0.25) is 0 Å². The molecule has 0 atom stereocenters. The van der Waals surface area contributed by atoms with E-state index in [0.29, 0.717) is 28.8 Å². The summed E-state index contributed by atoms with van der Waals surface area (Å²) < 4.78 is 22.3. The molecule has 37 heavy (non-hydrogen) atoms. The molecule has 4 N–H and O–H groups in total. The fourth-order valence-electron chi connectivity index (χ4n) is 4.48. The van der Waals surface area contributed by atoms with Crippen LogP contribution in [0.3, 0.4) is 0 Å². The minimum absolute atomic E-state index is 0.00303. The van der Waals surface area contributed by atoms with Crippen molar-refractivity contribution < 1.29 is 18.7 Å². The van der Waals surface area contributed by atoms with Crippen LogP contribution in [0.2, 0.25) is 0 Å². The third-order valence-electron chi connectivity index (χ3n) is 6.35. The number of hydrogen-bond donors (Lipinski definition) is 3. The zero-order valence-corrected chi connectivity index (χ0v) is 21.1. The van der Waals surface area contributed by atoms with Crippen molar-refractivity contribution in [2.75, 3.05) is 17.7 Å².